The van der Waals surface area contributed by atoms with Crippen LogP contribution >= 0.6 is 0 Å². The number of benzene rings is 1. The Morgan fingerprint density at radius 3 is 2.23 bits per heavy atom. The molecule has 1 aliphatic heterocycles. The second-order valence-corrected chi connectivity index (χ2v) is 8.22. The van der Waals surface area contributed by atoms with Crippen molar-refractivity contribution < 1.29 is 13.2 Å². The summed E-state index contributed by atoms with van der Waals surface area (Å²) in [5, 5.41) is 0. The molecule has 0 unspecified atom stereocenters. The molecule has 0 radical (unpaired) electrons. The molecule has 0 aliphatic carbocycles. The maximum absolute atomic E-state index is 12.5. The van der Waals surface area contributed by atoms with E-state index in [2.05, 4.69) is 16.9 Å². The van der Waals surface area contributed by atoms with Gasteiger partial charge in [-0.15, -0.1) is 0 Å². The molecule has 1 saturated heterocycles. The lowest BCUT2D eigenvalue weighted by molar-refractivity contribution is -0.137. The zero-order chi connectivity index (χ0) is 16.4. The fourth-order valence-electron chi connectivity index (χ4n) is 3.04. The molecule has 6 heteroatoms. The number of carbonyl (C=O) groups excluding carboxylic acids is 1. The van der Waals surface area contributed by atoms with E-state index in [-0.39, 0.29) is 5.91 Å². The molecule has 1 fully saturated rings. The first-order valence-electron chi connectivity index (χ1n) is 7.52. The lowest BCUT2D eigenvalue weighted by Gasteiger charge is -2.37. The van der Waals surface area contributed by atoms with Crippen LogP contribution in [0.2, 0.25) is 0 Å². The van der Waals surface area contributed by atoms with Crippen LogP contribution in [0.4, 0.5) is 0 Å². The van der Waals surface area contributed by atoms with Crippen molar-refractivity contribution in [3.8, 4) is 0 Å². The van der Waals surface area contributed by atoms with E-state index in [1.165, 1.54) is 5.56 Å². The van der Waals surface area contributed by atoms with E-state index < -0.39 is 15.6 Å². The highest BCUT2D eigenvalue weighted by atomic mass is 32.2. The molecule has 122 valence electrons. The van der Waals surface area contributed by atoms with Crippen molar-refractivity contribution in [3.63, 3.8) is 0 Å². The topological polar surface area (TPSA) is 66.5 Å². The van der Waals surface area contributed by atoms with Crippen LogP contribution in [-0.4, -0.2) is 44.1 Å². The number of nitrogens with zero attached hydrogens (tertiary/aromatic N) is 1. The molecule has 0 aromatic heterocycles. The van der Waals surface area contributed by atoms with Gasteiger partial charge in [0.05, 0.1) is 6.26 Å². The van der Waals surface area contributed by atoms with Crippen molar-refractivity contribution in [2.24, 2.45) is 0 Å². The highest BCUT2D eigenvalue weighted by Crippen LogP contribution is 2.28. The molecule has 1 amide bonds. The van der Waals surface area contributed by atoms with Crippen molar-refractivity contribution in [2.75, 3.05) is 19.3 Å². The van der Waals surface area contributed by atoms with Crippen LogP contribution in [0.5, 0.6) is 0 Å². The summed E-state index contributed by atoms with van der Waals surface area (Å²) >= 11 is 0. The third kappa shape index (κ3) is 4.30. The lowest BCUT2D eigenvalue weighted by atomic mass is 9.89. The monoisotopic (exact) mass is 324 g/mol. The zero-order valence-electron chi connectivity index (χ0n) is 13.4. The van der Waals surface area contributed by atoms with Crippen LogP contribution in [0.15, 0.2) is 30.3 Å². The standard InChI is InChI=1S/C16H24N2O3S/c1-16(2,17-22(3,20)21)15(19)18-11-9-14(10-12-18)13-7-5-4-6-8-13/h4-8,14,17H,9-12H2,1-3H3. The summed E-state index contributed by atoms with van der Waals surface area (Å²) in [6, 6.07) is 10.3. The van der Waals surface area contributed by atoms with Crippen molar-refractivity contribution in [1.82, 2.24) is 9.62 Å². The first kappa shape index (κ1) is 17.0. The smallest absolute Gasteiger partial charge is 0.243 e. The number of hydrogen-bond donors (Lipinski definition) is 1. The summed E-state index contributed by atoms with van der Waals surface area (Å²) in [5.41, 5.74) is 0.204. The van der Waals surface area contributed by atoms with E-state index in [1.54, 1.807) is 18.7 Å². The molecule has 1 N–H and O–H groups in total. The zero-order valence-corrected chi connectivity index (χ0v) is 14.2. The van der Waals surface area contributed by atoms with E-state index in [0.29, 0.717) is 19.0 Å². The Balaban J connectivity index is 1.98. The fourth-order valence-corrected chi connectivity index (χ4v) is 4.06. The molecule has 22 heavy (non-hydrogen) atoms. The fraction of sp³-hybridized carbons (Fsp3) is 0.562. The Hall–Kier alpha value is -1.40. The highest BCUT2D eigenvalue weighted by Gasteiger charge is 2.36. The number of hydrogen-bond acceptors (Lipinski definition) is 3. The number of amides is 1. The predicted octanol–water partition coefficient (Wildman–Crippen LogP) is 1.72. The van der Waals surface area contributed by atoms with Crippen molar-refractivity contribution in [1.29, 1.82) is 0 Å². The van der Waals surface area contributed by atoms with Crippen LogP contribution in [-0.2, 0) is 14.8 Å². The van der Waals surface area contributed by atoms with Crippen LogP contribution in [0.1, 0.15) is 38.2 Å². The molecule has 1 aromatic carbocycles. The molecule has 5 nitrogen and oxygen atoms in total. The Labute approximate surface area is 132 Å². The van der Waals surface area contributed by atoms with Crippen molar-refractivity contribution >= 4 is 15.9 Å². The summed E-state index contributed by atoms with van der Waals surface area (Å²) in [5.74, 6) is 0.306. The maximum atomic E-state index is 12.5. The van der Waals surface area contributed by atoms with E-state index in [0.717, 1.165) is 19.1 Å². The minimum absolute atomic E-state index is 0.163. The van der Waals surface area contributed by atoms with Crippen LogP contribution in [0, 0.1) is 0 Å². The molecular weight excluding hydrogens is 300 g/mol. The molecule has 0 saturated carbocycles. The van der Waals surface area contributed by atoms with E-state index in [9.17, 15) is 13.2 Å². The number of sulfonamides is 1. The van der Waals surface area contributed by atoms with Crippen LogP contribution < -0.4 is 4.72 Å². The average molecular weight is 324 g/mol. The number of likely N-dealkylation sites (tertiary alicyclic amines) is 1. The molecule has 1 aromatic rings. The third-order valence-electron chi connectivity index (χ3n) is 4.03. The van der Waals surface area contributed by atoms with Gasteiger partial charge in [-0.1, -0.05) is 30.3 Å². The molecular formula is C16H24N2O3S. The van der Waals surface area contributed by atoms with Crippen LogP contribution in [0.25, 0.3) is 0 Å². The van der Waals surface area contributed by atoms with Gasteiger partial charge in [-0.2, -0.15) is 0 Å². The maximum Gasteiger partial charge on any atom is 0.243 e. The van der Waals surface area contributed by atoms with Gasteiger partial charge in [0.2, 0.25) is 15.9 Å². The van der Waals surface area contributed by atoms with Crippen LogP contribution in [0.3, 0.4) is 0 Å². The Morgan fingerprint density at radius 2 is 1.73 bits per heavy atom. The minimum atomic E-state index is -3.42. The minimum Gasteiger partial charge on any atom is -0.341 e. The van der Waals surface area contributed by atoms with Crippen molar-refractivity contribution in [3.05, 3.63) is 35.9 Å². The van der Waals surface area contributed by atoms with E-state index >= 15 is 0 Å². The quantitative estimate of drug-likeness (QED) is 0.917. The van der Waals surface area contributed by atoms with Gasteiger partial charge in [0.25, 0.3) is 0 Å². The van der Waals surface area contributed by atoms with Gasteiger partial charge in [-0.25, -0.2) is 13.1 Å². The third-order valence-corrected chi connectivity index (χ3v) is 4.91. The van der Waals surface area contributed by atoms with E-state index in [1.807, 2.05) is 18.2 Å². The second-order valence-electron chi connectivity index (χ2n) is 6.48. The second kappa shape index (κ2) is 6.38. The van der Waals surface area contributed by atoms with Gasteiger partial charge in [-0.3, -0.25) is 4.79 Å². The first-order chi connectivity index (χ1) is 10.2. The van der Waals surface area contributed by atoms with Gasteiger partial charge in [-0.05, 0) is 38.2 Å². The average Bonchev–Trinajstić information content (AvgIpc) is 2.45. The normalized spacial score (nSPS) is 17.5. The summed E-state index contributed by atoms with van der Waals surface area (Å²) < 4.78 is 25.2. The lowest BCUT2D eigenvalue weighted by Crippen LogP contribution is -2.56. The summed E-state index contributed by atoms with van der Waals surface area (Å²) in [7, 11) is -3.42. The molecule has 0 bridgehead atoms. The molecule has 1 heterocycles. The van der Waals surface area contributed by atoms with Gasteiger partial charge >= 0.3 is 0 Å². The Morgan fingerprint density at radius 1 is 1.18 bits per heavy atom. The number of piperidine rings is 1. The SMILES string of the molecule is CC(C)(NS(C)(=O)=O)C(=O)N1CCC(c2ccccc2)CC1. The van der Waals surface area contributed by atoms with E-state index in [4.69, 9.17) is 0 Å². The predicted molar refractivity (Wildman–Crippen MR) is 87.1 cm³/mol. The van der Waals surface area contributed by atoms with Gasteiger partial charge in [0.15, 0.2) is 0 Å². The molecule has 2 rings (SSSR count). The van der Waals surface area contributed by atoms with Gasteiger partial charge in [0, 0.05) is 13.1 Å². The highest BCUT2D eigenvalue weighted by molar-refractivity contribution is 7.88. The summed E-state index contributed by atoms with van der Waals surface area (Å²) in [6.45, 7) is 4.54. The summed E-state index contributed by atoms with van der Waals surface area (Å²) in [6.07, 6.45) is 2.89. The molecule has 0 atom stereocenters. The number of nitrogens with one attached hydrogen (secondary N) is 1. The molecule has 1 aliphatic rings. The Kier molecular flexibility index (Phi) is 4.92. The van der Waals surface area contributed by atoms with Crippen molar-refractivity contribution in [2.45, 2.75) is 38.1 Å². The number of carbonyl (C=O) groups is 1. The Bertz CT molecular complexity index is 618. The molecule has 0 spiro atoms. The van der Waals surface area contributed by atoms with Gasteiger partial charge in [0.1, 0.15) is 5.54 Å². The largest absolute Gasteiger partial charge is 0.341 e. The first-order valence-corrected chi connectivity index (χ1v) is 9.41. The number of rotatable bonds is 4. The summed E-state index contributed by atoms with van der Waals surface area (Å²) in [4.78, 5) is 14.3. The van der Waals surface area contributed by atoms with Gasteiger partial charge < -0.3 is 4.90 Å².